The molecular formula is C11H11BrF2O2. The minimum Gasteiger partial charge on any atom is -0.388 e. The summed E-state index contributed by atoms with van der Waals surface area (Å²) in [6, 6.07) is 2.06. The summed E-state index contributed by atoms with van der Waals surface area (Å²) in [7, 11) is 0. The van der Waals surface area contributed by atoms with Gasteiger partial charge in [0, 0.05) is 18.1 Å². The van der Waals surface area contributed by atoms with Crippen LogP contribution in [-0.4, -0.2) is 18.3 Å². The lowest BCUT2D eigenvalue weighted by atomic mass is 9.95. The summed E-state index contributed by atoms with van der Waals surface area (Å²) in [6.07, 6.45) is -0.344. The summed E-state index contributed by atoms with van der Waals surface area (Å²) >= 11 is 2.89. The Morgan fingerprint density at radius 3 is 2.75 bits per heavy atom. The van der Waals surface area contributed by atoms with Crippen LogP contribution in [0.3, 0.4) is 0 Å². The highest BCUT2D eigenvalue weighted by atomic mass is 79.9. The Labute approximate surface area is 100 Å². The third-order valence-electron chi connectivity index (χ3n) is 2.77. The van der Waals surface area contributed by atoms with Crippen molar-refractivity contribution in [3.8, 4) is 0 Å². The van der Waals surface area contributed by atoms with Gasteiger partial charge in [-0.15, -0.1) is 0 Å². The fourth-order valence-electron chi connectivity index (χ4n) is 1.82. The van der Waals surface area contributed by atoms with Crippen LogP contribution in [0.5, 0.6) is 0 Å². The number of halogens is 3. The molecule has 1 fully saturated rings. The zero-order chi connectivity index (χ0) is 11.7. The number of ether oxygens (including phenoxy) is 1. The van der Waals surface area contributed by atoms with Crippen LogP contribution in [-0.2, 0) is 4.74 Å². The molecule has 1 saturated heterocycles. The minimum atomic E-state index is -1.01. The zero-order valence-electron chi connectivity index (χ0n) is 8.42. The molecule has 0 aromatic heterocycles. The summed E-state index contributed by atoms with van der Waals surface area (Å²) in [6.45, 7) is 0.945. The average Bonchev–Trinajstić information content (AvgIpc) is 2.75. The Morgan fingerprint density at radius 1 is 1.38 bits per heavy atom. The fourth-order valence-corrected chi connectivity index (χ4v) is 2.14. The van der Waals surface area contributed by atoms with Gasteiger partial charge in [0.15, 0.2) is 0 Å². The van der Waals surface area contributed by atoms with Crippen LogP contribution in [0.2, 0.25) is 0 Å². The van der Waals surface area contributed by atoms with Crippen molar-refractivity contribution in [2.45, 2.75) is 12.5 Å². The molecule has 2 nitrogen and oxygen atoms in total. The molecule has 1 N–H and O–H groups in total. The molecule has 1 aromatic rings. The van der Waals surface area contributed by atoms with Crippen LogP contribution < -0.4 is 0 Å². The van der Waals surface area contributed by atoms with E-state index in [0.29, 0.717) is 19.6 Å². The highest BCUT2D eigenvalue weighted by molar-refractivity contribution is 9.10. The number of aliphatic hydroxyl groups excluding tert-OH is 1. The van der Waals surface area contributed by atoms with Gasteiger partial charge in [-0.1, -0.05) is 0 Å². The maximum atomic E-state index is 13.5. The second kappa shape index (κ2) is 4.77. The van der Waals surface area contributed by atoms with E-state index in [4.69, 9.17) is 4.74 Å². The van der Waals surface area contributed by atoms with Gasteiger partial charge in [-0.3, -0.25) is 0 Å². The van der Waals surface area contributed by atoms with Crippen LogP contribution in [0.15, 0.2) is 16.6 Å². The molecule has 1 aliphatic heterocycles. The number of hydrogen-bond donors (Lipinski definition) is 1. The first-order valence-electron chi connectivity index (χ1n) is 5.00. The molecule has 0 bridgehead atoms. The molecule has 1 heterocycles. The topological polar surface area (TPSA) is 29.5 Å². The molecule has 0 saturated carbocycles. The van der Waals surface area contributed by atoms with Crippen LogP contribution >= 0.6 is 15.9 Å². The monoisotopic (exact) mass is 292 g/mol. The standard InChI is InChI=1S/C11H11BrF2O2/c12-8-4-9(13)7(3-10(8)14)11(15)6-1-2-16-5-6/h3-4,6,11,15H,1-2,5H2. The average molecular weight is 293 g/mol. The Bertz CT molecular complexity index is 392. The lowest BCUT2D eigenvalue weighted by molar-refractivity contribution is 0.0886. The summed E-state index contributed by atoms with van der Waals surface area (Å²) in [5, 5.41) is 9.91. The van der Waals surface area contributed by atoms with E-state index in [1.54, 1.807) is 0 Å². The van der Waals surface area contributed by atoms with E-state index in [2.05, 4.69) is 15.9 Å². The van der Waals surface area contributed by atoms with Crippen molar-refractivity contribution in [1.29, 1.82) is 0 Å². The molecule has 0 amide bonds. The molecule has 16 heavy (non-hydrogen) atoms. The Balaban J connectivity index is 2.28. The number of hydrogen-bond acceptors (Lipinski definition) is 2. The number of rotatable bonds is 2. The summed E-state index contributed by atoms with van der Waals surface area (Å²) in [5.41, 5.74) is -0.00352. The van der Waals surface area contributed by atoms with Gasteiger partial charge >= 0.3 is 0 Å². The van der Waals surface area contributed by atoms with Crippen molar-refractivity contribution < 1.29 is 18.6 Å². The highest BCUT2D eigenvalue weighted by Crippen LogP contribution is 2.32. The van der Waals surface area contributed by atoms with E-state index in [1.807, 2.05) is 0 Å². The van der Waals surface area contributed by atoms with Gasteiger partial charge in [0.05, 0.1) is 17.2 Å². The third-order valence-corrected chi connectivity index (χ3v) is 3.38. The van der Waals surface area contributed by atoms with E-state index in [1.165, 1.54) is 0 Å². The van der Waals surface area contributed by atoms with E-state index >= 15 is 0 Å². The van der Waals surface area contributed by atoms with E-state index in [-0.39, 0.29) is 16.0 Å². The van der Waals surface area contributed by atoms with Gasteiger partial charge < -0.3 is 9.84 Å². The van der Waals surface area contributed by atoms with E-state index in [0.717, 1.165) is 12.1 Å². The molecule has 1 aromatic carbocycles. The fraction of sp³-hybridized carbons (Fsp3) is 0.455. The summed E-state index contributed by atoms with van der Waals surface area (Å²) in [4.78, 5) is 0. The second-order valence-corrected chi connectivity index (χ2v) is 4.71. The molecule has 0 aliphatic carbocycles. The maximum Gasteiger partial charge on any atom is 0.137 e. The molecule has 0 spiro atoms. The second-order valence-electron chi connectivity index (χ2n) is 3.86. The van der Waals surface area contributed by atoms with Gasteiger partial charge in [0.25, 0.3) is 0 Å². The number of aliphatic hydroxyl groups is 1. The maximum absolute atomic E-state index is 13.5. The van der Waals surface area contributed by atoms with Crippen molar-refractivity contribution in [3.63, 3.8) is 0 Å². The molecule has 0 radical (unpaired) electrons. The zero-order valence-corrected chi connectivity index (χ0v) is 10.0. The third kappa shape index (κ3) is 2.26. The SMILES string of the molecule is OC(c1cc(F)c(Br)cc1F)C1CCOC1. The predicted octanol–water partition coefficient (Wildman–Crippen LogP) is 2.80. The van der Waals surface area contributed by atoms with Gasteiger partial charge in [0.2, 0.25) is 0 Å². The molecular weight excluding hydrogens is 282 g/mol. The first kappa shape index (κ1) is 12.0. The first-order valence-corrected chi connectivity index (χ1v) is 5.79. The van der Waals surface area contributed by atoms with Gasteiger partial charge in [-0.25, -0.2) is 8.78 Å². The van der Waals surface area contributed by atoms with Gasteiger partial charge in [0.1, 0.15) is 11.6 Å². The van der Waals surface area contributed by atoms with Gasteiger partial charge in [-0.2, -0.15) is 0 Å². The number of benzene rings is 1. The Morgan fingerprint density at radius 2 is 2.12 bits per heavy atom. The predicted molar refractivity (Wildman–Crippen MR) is 57.9 cm³/mol. The first-order chi connectivity index (χ1) is 7.59. The molecule has 2 atom stereocenters. The van der Waals surface area contributed by atoms with Crippen LogP contribution in [0.4, 0.5) is 8.78 Å². The molecule has 2 unspecified atom stereocenters. The van der Waals surface area contributed by atoms with E-state index < -0.39 is 17.7 Å². The van der Waals surface area contributed by atoms with Crippen molar-refractivity contribution >= 4 is 15.9 Å². The Hall–Kier alpha value is -0.520. The molecule has 88 valence electrons. The minimum absolute atomic E-state index is 0.00352. The summed E-state index contributed by atoms with van der Waals surface area (Å²) in [5.74, 6) is -1.34. The van der Waals surface area contributed by atoms with E-state index in [9.17, 15) is 13.9 Å². The smallest absolute Gasteiger partial charge is 0.137 e. The Kier molecular flexibility index (Phi) is 3.56. The highest BCUT2D eigenvalue weighted by Gasteiger charge is 2.28. The van der Waals surface area contributed by atoms with Crippen molar-refractivity contribution in [3.05, 3.63) is 33.8 Å². The van der Waals surface area contributed by atoms with Crippen molar-refractivity contribution in [1.82, 2.24) is 0 Å². The molecule has 2 rings (SSSR count). The normalized spacial score (nSPS) is 22.4. The molecule has 1 aliphatic rings. The summed E-state index contributed by atoms with van der Waals surface area (Å²) < 4.78 is 32.0. The van der Waals surface area contributed by atoms with Crippen molar-refractivity contribution in [2.24, 2.45) is 5.92 Å². The largest absolute Gasteiger partial charge is 0.388 e. The van der Waals surface area contributed by atoms with Crippen LogP contribution in [0.1, 0.15) is 18.1 Å². The van der Waals surface area contributed by atoms with Crippen LogP contribution in [0, 0.1) is 17.6 Å². The quantitative estimate of drug-likeness (QED) is 0.850. The van der Waals surface area contributed by atoms with Crippen LogP contribution in [0.25, 0.3) is 0 Å². The van der Waals surface area contributed by atoms with Crippen molar-refractivity contribution in [2.75, 3.05) is 13.2 Å². The van der Waals surface area contributed by atoms with Gasteiger partial charge in [-0.05, 0) is 34.5 Å². The molecule has 5 heteroatoms. The lowest BCUT2D eigenvalue weighted by Crippen LogP contribution is -2.14. The lowest BCUT2D eigenvalue weighted by Gasteiger charge is -2.17.